The molecular weight excluding hydrogens is 325 g/mol. The number of hydrogen-bond acceptors (Lipinski definition) is 4. The number of hydrogen-bond donors (Lipinski definition) is 1. The number of aryl methyl sites for hydroxylation is 1. The number of rotatable bonds is 4. The van der Waals surface area contributed by atoms with Crippen LogP contribution < -0.4 is 5.32 Å². The summed E-state index contributed by atoms with van der Waals surface area (Å²) in [4.78, 5) is 11.9. The SMILES string of the molecule is Cc1cnn(CC(=O)NCc2nnc3cc(C(F)(F)F)ccn23)c1. The maximum atomic E-state index is 12.7. The number of alkyl halides is 3. The van der Waals surface area contributed by atoms with Crippen molar-refractivity contribution in [1.82, 2.24) is 29.7 Å². The molecule has 1 N–H and O–H groups in total. The second-order valence-electron chi connectivity index (χ2n) is 5.25. The Balaban J connectivity index is 1.68. The summed E-state index contributed by atoms with van der Waals surface area (Å²) in [5.41, 5.74) is 0.204. The van der Waals surface area contributed by atoms with Gasteiger partial charge in [-0.15, -0.1) is 10.2 Å². The zero-order valence-electron chi connectivity index (χ0n) is 12.6. The van der Waals surface area contributed by atoms with E-state index in [2.05, 4.69) is 20.6 Å². The van der Waals surface area contributed by atoms with Crippen molar-refractivity contribution in [1.29, 1.82) is 0 Å². The summed E-state index contributed by atoms with van der Waals surface area (Å²) in [5.74, 6) is 0.0467. The van der Waals surface area contributed by atoms with Crippen LogP contribution >= 0.6 is 0 Å². The zero-order chi connectivity index (χ0) is 17.3. The third-order valence-corrected chi connectivity index (χ3v) is 3.32. The predicted octanol–water partition coefficient (Wildman–Crippen LogP) is 1.57. The van der Waals surface area contributed by atoms with Gasteiger partial charge in [0.15, 0.2) is 11.5 Å². The van der Waals surface area contributed by atoms with Crippen LogP contribution in [0, 0.1) is 6.92 Å². The molecule has 0 saturated heterocycles. The highest BCUT2D eigenvalue weighted by Crippen LogP contribution is 2.29. The molecule has 7 nitrogen and oxygen atoms in total. The van der Waals surface area contributed by atoms with Crippen molar-refractivity contribution < 1.29 is 18.0 Å². The van der Waals surface area contributed by atoms with Gasteiger partial charge in [0.05, 0.1) is 18.3 Å². The van der Waals surface area contributed by atoms with Gasteiger partial charge in [0, 0.05) is 12.4 Å². The summed E-state index contributed by atoms with van der Waals surface area (Å²) < 4.78 is 40.9. The number of nitrogens with zero attached hydrogens (tertiary/aromatic N) is 5. The smallest absolute Gasteiger partial charge is 0.347 e. The van der Waals surface area contributed by atoms with Crippen LogP contribution in [0.5, 0.6) is 0 Å². The zero-order valence-corrected chi connectivity index (χ0v) is 12.6. The topological polar surface area (TPSA) is 77.1 Å². The summed E-state index contributed by atoms with van der Waals surface area (Å²) in [6.07, 6.45) is 0.156. The molecule has 1 amide bonds. The molecule has 0 aromatic carbocycles. The number of halogens is 3. The molecule has 0 aliphatic carbocycles. The molecule has 3 aromatic rings. The van der Waals surface area contributed by atoms with E-state index in [1.54, 1.807) is 12.4 Å². The Morgan fingerprint density at radius 1 is 1.33 bits per heavy atom. The fourth-order valence-electron chi connectivity index (χ4n) is 2.17. The highest BCUT2D eigenvalue weighted by atomic mass is 19.4. The Morgan fingerprint density at radius 2 is 2.12 bits per heavy atom. The summed E-state index contributed by atoms with van der Waals surface area (Å²) in [6.45, 7) is 1.95. The first-order chi connectivity index (χ1) is 11.3. The standard InChI is InChI=1S/C14H13F3N6O/c1-9-5-19-22(7-9)8-13(24)18-6-12-21-20-11-4-10(14(15,16)17)2-3-23(11)12/h2-5,7H,6,8H2,1H3,(H,18,24). The largest absolute Gasteiger partial charge is 0.416 e. The molecule has 0 bridgehead atoms. The van der Waals surface area contributed by atoms with Crippen LogP contribution in [0.1, 0.15) is 17.0 Å². The van der Waals surface area contributed by atoms with Gasteiger partial charge in [-0.2, -0.15) is 18.3 Å². The van der Waals surface area contributed by atoms with E-state index in [1.807, 2.05) is 6.92 Å². The fraction of sp³-hybridized carbons (Fsp3) is 0.286. The molecule has 3 heterocycles. The van der Waals surface area contributed by atoms with Gasteiger partial charge in [0.25, 0.3) is 0 Å². The minimum absolute atomic E-state index is 0.0444. The Bertz CT molecular complexity index is 882. The molecule has 126 valence electrons. The van der Waals surface area contributed by atoms with Crippen molar-refractivity contribution in [2.75, 3.05) is 0 Å². The van der Waals surface area contributed by atoms with Gasteiger partial charge >= 0.3 is 6.18 Å². The van der Waals surface area contributed by atoms with Crippen LogP contribution in [0.3, 0.4) is 0 Å². The van der Waals surface area contributed by atoms with Crippen molar-refractivity contribution in [3.8, 4) is 0 Å². The molecule has 0 unspecified atom stereocenters. The van der Waals surface area contributed by atoms with Crippen molar-refractivity contribution in [3.63, 3.8) is 0 Å². The highest BCUT2D eigenvalue weighted by molar-refractivity contribution is 5.75. The van der Waals surface area contributed by atoms with Crippen molar-refractivity contribution in [3.05, 3.63) is 47.7 Å². The van der Waals surface area contributed by atoms with Gasteiger partial charge in [-0.3, -0.25) is 13.9 Å². The van der Waals surface area contributed by atoms with Gasteiger partial charge < -0.3 is 5.32 Å². The second kappa shape index (κ2) is 5.95. The number of aromatic nitrogens is 5. The van der Waals surface area contributed by atoms with E-state index in [0.29, 0.717) is 5.82 Å². The van der Waals surface area contributed by atoms with Gasteiger partial charge in [-0.1, -0.05) is 0 Å². The fourth-order valence-corrected chi connectivity index (χ4v) is 2.17. The van der Waals surface area contributed by atoms with Crippen molar-refractivity contribution >= 4 is 11.6 Å². The maximum absolute atomic E-state index is 12.7. The first-order valence-electron chi connectivity index (χ1n) is 6.99. The molecule has 10 heteroatoms. The predicted molar refractivity (Wildman–Crippen MR) is 76.8 cm³/mol. The molecule has 0 fully saturated rings. The lowest BCUT2D eigenvalue weighted by Crippen LogP contribution is -2.28. The van der Waals surface area contributed by atoms with E-state index in [4.69, 9.17) is 0 Å². The lowest BCUT2D eigenvalue weighted by Gasteiger charge is -2.07. The molecule has 0 radical (unpaired) electrons. The number of carbonyl (C=O) groups is 1. The Kier molecular flexibility index (Phi) is 3.96. The third kappa shape index (κ3) is 3.36. The van der Waals surface area contributed by atoms with Crippen LogP contribution in [0.2, 0.25) is 0 Å². The van der Waals surface area contributed by atoms with Gasteiger partial charge in [0.2, 0.25) is 5.91 Å². The Morgan fingerprint density at radius 3 is 2.79 bits per heavy atom. The molecule has 0 atom stereocenters. The number of pyridine rings is 1. The molecule has 3 rings (SSSR count). The quantitative estimate of drug-likeness (QED) is 0.783. The second-order valence-corrected chi connectivity index (χ2v) is 5.25. The monoisotopic (exact) mass is 338 g/mol. The molecule has 0 aliphatic heterocycles. The van der Waals surface area contributed by atoms with E-state index in [1.165, 1.54) is 15.3 Å². The lowest BCUT2D eigenvalue weighted by atomic mass is 10.2. The molecule has 0 saturated carbocycles. The first-order valence-corrected chi connectivity index (χ1v) is 6.99. The molecule has 0 spiro atoms. The molecular formula is C14H13F3N6O. The summed E-state index contributed by atoms with van der Waals surface area (Å²) in [7, 11) is 0. The van der Waals surface area contributed by atoms with Gasteiger partial charge in [-0.05, 0) is 24.6 Å². The summed E-state index contributed by atoms with van der Waals surface area (Å²) in [5, 5.41) is 14.1. The number of amides is 1. The molecule has 24 heavy (non-hydrogen) atoms. The minimum atomic E-state index is -4.44. The van der Waals surface area contributed by atoms with E-state index >= 15 is 0 Å². The summed E-state index contributed by atoms with van der Waals surface area (Å²) in [6, 6.07) is 1.85. The van der Waals surface area contributed by atoms with Crippen LogP contribution in [-0.2, 0) is 24.1 Å². The highest BCUT2D eigenvalue weighted by Gasteiger charge is 2.31. The van der Waals surface area contributed by atoms with Crippen LogP contribution in [0.25, 0.3) is 5.65 Å². The average Bonchev–Trinajstić information content (AvgIpc) is 3.10. The van der Waals surface area contributed by atoms with Crippen molar-refractivity contribution in [2.45, 2.75) is 26.2 Å². The van der Waals surface area contributed by atoms with Crippen molar-refractivity contribution in [2.24, 2.45) is 0 Å². The molecule has 3 aromatic heterocycles. The molecule has 0 aliphatic rings. The number of carbonyl (C=O) groups excluding carboxylic acids is 1. The van der Waals surface area contributed by atoms with E-state index in [0.717, 1.165) is 17.7 Å². The maximum Gasteiger partial charge on any atom is 0.416 e. The van der Waals surface area contributed by atoms with E-state index in [-0.39, 0.29) is 24.6 Å². The van der Waals surface area contributed by atoms with Crippen LogP contribution in [0.15, 0.2) is 30.7 Å². The average molecular weight is 338 g/mol. The van der Waals surface area contributed by atoms with Gasteiger partial charge in [-0.25, -0.2) is 0 Å². The lowest BCUT2D eigenvalue weighted by molar-refractivity contribution is -0.137. The number of nitrogens with one attached hydrogen (secondary N) is 1. The Labute approximate surface area is 134 Å². The van der Waals surface area contributed by atoms with Crippen LogP contribution in [-0.4, -0.2) is 30.3 Å². The number of fused-ring (bicyclic) bond motifs is 1. The normalized spacial score (nSPS) is 11.8. The van der Waals surface area contributed by atoms with Gasteiger partial charge in [0.1, 0.15) is 6.54 Å². The Hall–Kier alpha value is -2.91. The van der Waals surface area contributed by atoms with E-state index < -0.39 is 11.7 Å². The third-order valence-electron chi connectivity index (χ3n) is 3.32. The van der Waals surface area contributed by atoms with E-state index in [9.17, 15) is 18.0 Å². The first kappa shape index (κ1) is 16.0. The summed E-state index contributed by atoms with van der Waals surface area (Å²) >= 11 is 0. The van der Waals surface area contributed by atoms with Crippen LogP contribution in [0.4, 0.5) is 13.2 Å². The minimum Gasteiger partial charge on any atom is -0.347 e.